The second-order valence-corrected chi connectivity index (χ2v) is 9.11. The number of nitrogens with one attached hydrogen (secondary N) is 1. The minimum atomic E-state index is -3.27. The maximum absolute atomic E-state index is 11.9. The van der Waals surface area contributed by atoms with E-state index in [9.17, 15) is 18.0 Å². The maximum atomic E-state index is 11.9. The first-order chi connectivity index (χ1) is 10.5. The molecule has 7 heteroatoms. The zero-order valence-corrected chi connectivity index (χ0v) is 14.4. The quantitative estimate of drug-likeness (QED) is 0.785. The minimum absolute atomic E-state index is 0.0546. The van der Waals surface area contributed by atoms with Crippen molar-refractivity contribution in [3.8, 4) is 0 Å². The van der Waals surface area contributed by atoms with Crippen LogP contribution in [0.2, 0.25) is 0 Å². The van der Waals surface area contributed by atoms with Gasteiger partial charge in [-0.25, -0.2) is 13.2 Å². The Labute approximate surface area is 136 Å². The number of carboxylic acids is 1. The van der Waals surface area contributed by atoms with Crippen molar-refractivity contribution in [1.29, 1.82) is 0 Å². The summed E-state index contributed by atoms with van der Waals surface area (Å²) in [6.07, 6.45) is 0.403. The average Bonchev–Trinajstić information content (AvgIpc) is 2.44. The number of sulfone groups is 1. The van der Waals surface area contributed by atoms with E-state index in [0.717, 1.165) is 0 Å². The summed E-state index contributed by atoms with van der Waals surface area (Å²) in [5.41, 5.74) is 0.757. The van der Waals surface area contributed by atoms with Crippen LogP contribution in [0.5, 0.6) is 0 Å². The first-order valence-corrected chi connectivity index (χ1v) is 9.00. The van der Waals surface area contributed by atoms with Crippen LogP contribution in [0.15, 0.2) is 24.3 Å². The summed E-state index contributed by atoms with van der Waals surface area (Å²) in [5.74, 6) is -1.44. The Balaban J connectivity index is 2.49. The standard InChI is InChI=1S/C16H23NO5S/c1-16(2,3)23(21,22)11-10-17-14(18)9-8-12-6-4-5-7-13(12)15(19)20/h4-7H,8-11H2,1-3H3,(H,17,18)(H,19,20). The van der Waals surface area contributed by atoms with Gasteiger partial charge in [-0.1, -0.05) is 18.2 Å². The van der Waals surface area contributed by atoms with E-state index < -0.39 is 20.6 Å². The van der Waals surface area contributed by atoms with Gasteiger partial charge < -0.3 is 10.4 Å². The highest BCUT2D eigenvalue weighted by Gasteiger charge is 2.28. The molecule has 0 aliphatic carbocycles. The Hall–Kier alpha value is -1.89. The Kier molecular flexibility index (Phi) is 6.32. The van der Waals surface area contributed by atoms with Crippen molar-refractivity contribution in [1.82, 2.24) is 5.32 Å². The molecule has 0 aliphatic rings. The number of carbonyl (C=O) groups excluding carboxylic acids is 1. The van der Waals surface area contributed by atoms with Gasteiger partial charge in [0.25, 0.3) is 0 Å². The molecular weight excluding hydrogens is 318 g/mol. The smallest absolute Gasteiger partial charge is 0.335 e. The van der Waals surface area contributed by atoms with Crippen LogP contribution in [0, 0.1) is 0 Å². The number of amides is 1. The number of hydrogen-bond donors (Lipinski definition) is 2. The van der Waals surface area contributed by atoms with Crippen LogP contribution in [-0.4, -0.2) is 42.4 Å². The second-order valence-electron chi connectivity index (χ2n) is 6.24. The van der Waals surface area contributed by atoms with Gasteiger partial charge in [0, 0.05) is 13.0 Å². The number of rotatable bonds is 7. The van der Waals surface area contributed by atoms with E-state index in [1.807, 2.05) is 0 Å². The van der Waals surface area contributed by atoms with Crippen molar-refractivity contribution in [2.45, 2.75) is 38.4 Å². The summed E-state index contributed by atoms with van der Waals surface area (Å²) < 4.78 is 23.0. The SMILES string of the molecule is CC(C)(C)S(=O)(=O)CCNC(=O)CCc1ccccc1C(=O)O. The van der Waals surface area contributed by atoms with Crippen molar-refractivity contribution >= 4 is 21.7 Å². The number of carbonyl (C=O) groups is 2. The zero-order chi connectivity index (χ0) is 17.7. The summed E-state index contributed by atoms with van der Waals surface area (Å²) in [7, 11) is -3.27. The van der Waals surface area contributed by atoms with Crippen molar-refractivity contribution in [2.75, 3.05) is 12.3 Å². The molecule has 2 N–H and O–H groups in total. The highest BCUT2D eigenvalue weighted by molar-refractivity contribution is 7.92. The van der Waals surface area contributed by atoms with Crippen LogP contribution in [0.25, 0.3) is 0 Å². The van der Waals surface area contributed by atoms with Crippen molar-refractivity contribution in [3.05, 3.63) is 35.4 Å². The summed E-state index contributed by atoms with van der Waals surface area (Å²) in [5, 5.41) is 11.6. The van der Waals surface area contributed by atoms with Gasteiger partial charge in [-0.15, -0.1) is 0 Å². The van der Waals surface area contributed by atoms with Crippen LogP contribution in [0.1, 0.15) is 43.1 Å². The Morgan fingerprint density at radius 1 is 1.17 bits per heavy atom. The molecular formula is C16H23NO5S. The van der Waals surface area contributed by atoms with Crippen LogP contribution in [0.3, 0.4) is 0 Å². The molecule has 0 saturated carbocycles. The third-order valence-electron chi connectivity index (χ3n) is 3.50. The number of carboxylic acid groups (broad SMARTS) is 1. The highest BCUT2D eigenvalue weighted by atomic mass is 32.2. The molecule has 0 bridgehead atoms. The lowest BCUT2D eigenvalue weighted by molar-refractivity contribution is -0.120. The van der Waals surface area contributed by atoms with Gasteiger partial charge in [0.15, 0.2) is 9.84 Å². The van der Waals surface area contributed by atoms with Crippen LogP contribution < -0.4 is 5.32 Å². The lowest BCUT2D eigenvalue weighted by Gasteiger charge is -2.19. The maximum Gasteiger partial charge on any atom is 0.335 e. The van der Waals surface area contributed by atoms with Gasteiger partial charge in [-0.2, -0.15) is 0 Å². The Bertz CT molecular complexity index is 674. The third-order valence-corrected chi connectivity index (χ3v) is 6.10. The molecule has 0 unspecified atom stereocenters. The molecule has 1 amide bonds. The summed E-state index contributed by atoms with van der Waals surface area (Å²) in [4.78, 5) is 22.9. The molecule has 1 rings (SSSR count). The number of aromatic carboxylic acids is 1. The fraction of sp³-hybridized carbons (Fsp3) is 0.500. The molecule has 1 aromatic rings. The molecule has 0 radical (unpaired) electrons. The number of aryl methyl sites for hydroxylation is 1. The lowest BCUT2D eigenvalue weighted by Crippen LogP contribution is -2.36. The van der Waals surface area contributed by atoms with Gasteiger partial charge in [-0.05, 0) is 38.8 Å². The molecule has 1 aromatic carbocycles. The van der Waals surface area contributed by atoms with E-state index in [0.29, 0.717) is 12.0 Å². The van der Waals surface area contributed by atoms with E-state index in [1.165, 1.54) is 6.07 Å². The van der Waals surface area contributed by atoms with E-state index in [1.54, 1.807) is 39.0 Å². The van der Waals surface area contributed by atoms with Crippen LogP contribution in [-0.2, 0) is 21.1 Å². The lowest BCUT2D eigenvalue weighted by atomic mass is 10.0. The fourth-order valence-corrected chi connectivity index (χ4v) is 2.90. The molecule has 0 saturated heterocycles. The summed E-state index contributed by atoms with van der Waals surface area (Å²) in [6, 6.07) is 6.51. The molecule has 0 aliphatic heterocycles. The van der Waals surface area contributed by atoms with Crippen molar-refractivity contribution < 1.29 is 23.1 Å². The predicted molar refractivity (Wildman–Crippen MR) is 88.3 cm³/mol. The highest BCUT2D eigenvalue weighted by Crippen LogP contribution is 2.15. The van der Waals surface area contributed by atoms with Crippen molar-refractivity contribution in [2.24, 2.45) is 0 Å². The fourth-order valence-electron chi connectivity index (χ4n) is 1.91. The van der Waals surface area contributed by atoms with Gasteiger partial charge in [0.2, 0.25) is 5.91 Å². The first-order valence-electron chi connectivity index (χ1n) is 7.35. The molecule has 0 atom stereocenters. The molecule has 128 valence electrons. The second kappa shape index (κ2) is 7.59. The minimum Gasteiger partial charge on any atom is -0.478 e. The van der Waals surface area contributed by atoms with E-state index in [2.05, 4.69) is 5.32 Å². The number of hydrogen-bond acceptors (Lipinski definition) is 4. The van der Waals surface area contributed by atoms with Crippen LogP contribution in [0.4, 0.5) is 0 Å². The molecule has 0 aromatic heterocycles. The van der Waals surface area contributed by atoms with Gasteiger partial charge in [0.05, 0.1) is 16.1 Å². The molecule has 0 heterocycles. The molecule has 6 nitrogen and oxygen atoms in total. The number of benzene rings is 1. The van der Waals surface area contributed by atoms with Crippen molar-refractivity contribution in [3.63, 3.8) is 0 Å². The summed E-state index contributed by atoms with van der Waals surface area (Å²) >= 11 is 0. The Morgan fingerprint density at radius 3 is 2.35 bits per heavy atom. The third kappa shape index (κ3) is 5.67. The topological polar surface area (TPSA) is 101 Å². The normalized spacial score (nSPS) is 12.0. The van der Waals surface area contributed by atoms with E-state index in [-0.39, 0.29) is 30.2 Å². The van der Waals surface area contributed by atoms with Gasteiger partial charge in [-0.3, -0.25) is 4.79 Å². The Morgan fingerprint density at radius 2 is 1.78 bits per heavy atom. The van der Waals surface area contributed by atoms with Gasteiger partial charge >= 0.3 is 5.97 Å². The van der Waals surface area contributed by atoms with Gasteiger partial charge in [0.1, 0.15) is 0 Å². The molecule has 0 spiro atoms. The largest absolute Gasteiger partial charge is 0.478 e. The molecule has 23 heavy (non-hydrogen) atoms. The zero-order valence-electron chi connectivity index (χ0n) is 13.6. The van der Waals surface area contributed by atoms with Crippen LogP contribution >= 0.6 is 0 Å². The average molecular weight is 341 g/mol. The summed E-state index contributed by atoms with van der Waals surface area (Å²) in [6.45, 7) is 4.91. The van der Waals surface area contributed by atoms with E-state index >= 15 is 0 Å². The first kappa shape index (κ1) is 19.2. The van der Waals surface area contributed by atoms with E-state index in [4.69, 9.17) is 5.11 Å². The monoisotopic (exact) mass is 341 g/mol. The predicted octanol–water partition coefficient (Wildman–Crippen LogP) is 1.65. The molecule has 0 fully saturated rings.